The zero-order valence-corrected chi connectivity index (χ0v) is 22.2. The average molecular weight is 508 g/mol. The summed E-state index contributed by atoms with van der Waals surface area (Å²) in [5, 5.41) is 14.2. The highest BCUT2D eigenvalue weighted by molar-refractivity contribution is 5.77. The second-order valence-electron chi connectivity index (χ2n) is 9.64. The maximum atomic E-state index is 13.8. The summed E-state index contributed by atoms with van der Waals surface area (Å²) >= 11 is 0. The van der Waals surface area contributed by atoms with Gasteiger partial charge in [-0.05, 0) is 64.9 Å². The lowest BCUT2D eigenvalue weighted by atomic mass is 10.0. The normalized spacial score (nSPS) is 11.2. The number of hydrogen-bond acceptors (Lipinski definition) is 5. The minimum absolute atomic E-state index is 0.0131. The van der Waals surface area contributed by atoms with Crippen LogP contribution in [-0.4, -0.2) is 34.7 Å². The van der Waals surface area contributed by atoms with E-state index in [9.17, 15) is 4.79 Å². The molecule has 5 rings (SSSR count). The highest BCUT2D eigenvalue weighted by Crippen LogP contribution is 2.28. The van der Waals surface area contributed by atoms with Gasteiger partial charge in [-0.25, -0.2) is 9.89 Å². The number of nitrogens with one attached hydrogen (secondary N) is 1. The first kappa shape index (κ1) is 25.3. The Balaban J connectivity index is 1.50. The third-order valence-electron chi connectivity index (χ3n) is 6.91. The largest absolute Gasteiger partial charge is 0.333 e. The molecule has 0 atom stereocenters. The summed E-state index contributed by atoms with van der Waals surface area (Å²) in [6.07, 6.45) is 8.75. The number of aryl methyl sites for hydroxylation is 3. The number of tetrazole rings is 1. The Morgan fingerprint density at radius 3 is 2.53 bits per heavy atom. The van der Waals surface area contributed by atoms with Gasteiger partial charge in [-0.2, -0.15) is 0 Å². The molecule has 0 saturated carbocycles. The Kier molecular flexibility index (Phi) is 7.58. The molecule has 38 heavy (non-hydrogen) atoms. The fourth-order valence-corrected chi connectivity index (χ4v) is 5.01. The number of imidazole rings is 1. The second-order valence-corrected chi connectivity index (χ2v) is 9.64. The maximum Gasteiger partial charge on any atom is 0.333 e. The van der Waals surface area contributed by atoms with Crippen molar-refractivity contribution in [2.24, 2.45) is 0 Å². The van der Waals surface area contributed by atoms with Crippen LogP contribution in [0.4, 0.5) is 0 Å². The van der Waals surface area contributed by atoms with Crippen LogP contribution in [0.15, 0.2) is 71.8 Å². The number of H-pyrrole nitrogens is 1. The first-order valence-corrected chi connectivity index (χ1v) is 13.3. The van der Waals surface area contributed by atoms with Crippen molar-refractivity contribution in [1.82, 2.24) is 34.7 Å². The topological polar surface area (TPSA) is 94.3 Å². The van der Waals surface area contributed by atoms with Crippen molar-refractivity contribution in [3.63, 3.8) is 0 Å². The van der Waals surface area contributed by atoms with Crippen LogP contribution in [0.25, 0.3) is 28.3 Å². The fraction of sp³-hybridized carbons (Fsp3) is 0.300. The molecule has 1 N–H and O–H groups in total. The average Bonchev–Trinajstić information content (AvgIpc) is 3.58. The van der Waals surface area contributed by atoms with Crippen LogP contribution >= 0.6 is 0 Å². The van der Waals surface area contributed by atoms with Crippen molar-refractivity contribution < 1.29 is 0 Å². The van der Waals surface area contributed by atoms with Crippen LogP contribution in [0.3, 0.4) is 0 Å². The van der Waals surface area contributed by atoms with Gasteiger partial charge >= 0.3 is 5.69 Å². The van der Waals surface area contributed by atoms with Crippen LogP contribution in [0.5, 0.6) is 0 Å². The molecule has 2 aromatic carbocycles. The van der Waals surface area contributed by atoms with E-state index in [1.54, 1.807) is 6.20 Å². The van der Waals surface area contributed by atoms with Gasteiger partial charge in [-0.15, -0.1) is 5.10 Å². The Morgan fingerprint density at radius 2 is 1.79 bits per heavy atom. The summed E-state index contributed by atoms with van der Waals surface area (Å²) < 4.78 is 3.80. The van der Waals surface area contributed by atoms with Crippen LogP contribution in [0.2, 0.25) is 0 Å². The molecule has 8 heteroatoms. The number of pyridine rings is 1. The number of aromatic amines is 1. The molecule has 0 spiro atoms. The monoisotopic (exact) mass is 507 g/mol. The number of para-hydroxylation sites is 1. The van der Waals surface area contributed by atoms with E-state index in [-0.39, 0.29) is 5.69 Å². The quantitative estimate of drug-likeness (QED) is 0.268. The van der Waals surface area contributed by atoms with Gasteiger partial charge in [0.1, 0.15) is 5.69 Å². The SMILES string of the molecule is CCCCc1cn(-c2c(C)cccc2CCC)c(=O)n1Cc1ccc(-c2cccnc2-c2nnn[nH]2)cc1. The third-order valence-corrected chi connectivity index (χ3v) is 6.91. The van der Waals surface area contributed by atoms with E-state index in [2.05, 4.69) is 95.0 Å². The van der Waals surface area contributed by atoms with E-state index < -0.39 is 0 Å². The lowest BCUT2D eigenvalue weighted by Crippen LogP contribution is -2.25. The Morgan fingerprint density at radius 1 is 0.947 bits per heavy atom. The highest BCUT2D eigenvalue weighted by atomic mass is 16.1. The van der Waals surface area contributed by atoms with Gasteiger partial charge in [0.25, 0.3) is 0 Å². The van der Waals surface area contributed by atoms with Crippen LogP contribution in [0.1, 0.15) is 55.5 Å². The number of rotatable bonds is 10. The van der Waals surface area contributed by atoms with Crippen LogP contribution in [-0.2, 0) is 19.4 Å². The summed E-state index contributed by atoms with van der Waals surface area (Å²) in [7, 11) is 0. The Hall–Kier alpha value is -4.33. The van der Waals surface area contributed by atoms with Gasteiger partial charge in [0, 0.05) is 23.7 Å². The molecule has 194 valence electrons. The highest BCUT2D eigenvalue weighted by Gasteiger charge is 2.17. The maximum absolute atomic E-state index is 13.8. The minimum Gasteiger partial charge on any atom is -0.292 e. The van der Waals surface area contributed by atoms with Crippen LogP contribution in [0, 0.1) is 6.92 Å². The molecule has 0 aliphatic heterocycles. The summed E-state index contributed by atoms with van der Waals surface area (Å²) in [5.74, 6) is 0.525. The lowest BCUT2D eigenvalue weighted by Gasteiger charge is -2.12. The van der Waals surface area contributed by atoms with E-state index in [1.165, 1.54) is 5.56 Å². The number of nitrogens with zero attached hydrogens (tertiary/aromatic N) is 6. The smallest absolute Gasteiger partial charge is 0.292 e. The molecule has 0 aliphatic rings. The first-order chi connectivity index (χ1) is 18.6. The fourth-order valence-electron chi connectivity index (χ4n) is 5.01. The predicted molar refractivity (Wildman–Crippen MR) is 149 cm³/mol. The zero-order valence-electron chi connectivity index (χ0n) is 22.2. The summed E-state index contributed by atoms with van der Waals surface area (Å²) in [5.41, 5.74) is 8.15. The summed E-state index contributed by atoms with van der Waals surface area (Å²) in [6.45, 7) is 6.96. The standard InChI is InChI=1S/C30H33N7O/c1-4-6-12-25-20-37(28-21(3)10-7-11-24(28)9-5-2)30(38)36(25)19-22-14-16-23(17-15-22)26-13-8-18-31-27(26)29-32-34-35-33-29/h7-8,10-11,13-18,20H,4-6,9,12,19H2,1-3H3,(H,32,33,34,35). The lowest BCUT2D eigenvalue weighted by molar-refractivity contribution is 0.673. The molecule has 0 saturated heterocycles. The van der Waals surface area contributed by atoms with Crippen molar-refractivity contribution in [2.75, 3.05) is 0 Å². The van der Waals surface area contributed by atoms with Gasteiger partial charge in [-0.3, -0.25) is 14.1 Å². The number of unbranched alkanes of at least 4 members (excludes halogenated alkanes) is 1. The Labute approximate surface area is 222 Å². The van der Waals surface area contributed by atoms with Crippen molar-refractivity contribution in [2.45, 2.75) is 59.4 Å². The Bertz CT molecular complexity index is 1560. The molecule has 0 unspecified atom stereocenters. The molecule has 3 aromatic heterocycles. The van der Waals surface area contributed by atoms with Crippen molar-refractivity contribution in [1.29, 1.82) is 0 Å². The van der Waals surface area contributed by atoms with Gasteiger partial charge in [0.05, 0.1) is 12.2 Å². The van der Waals surface area contributed by atoms with Crippen LogP contribution < -0.4 is 5.69 Å². The number of hydrogen-bond donors (Lipinski definition) is 1. The van der Waals surface area contributed by atoms with Crippen molar-refractivity contribution in [3.05, 3.63) is 99.9 Å². The van der Waals surface area contributed by atoms with Gasteiger partial charge < -0.3 is 0 Å². The molecular weight excluding hydrogens is 474 g/mol. The molecule has 5 aromatic rings. The molecule has 8 nitrogen and oxygen atoms in total. The van der Waals surface area contributed by atoms with Crippen molar-refractivity contribution in [3.8, 4) is 28.3 Å². The molecule has 0 bridgehead atoms. The number of benzene rings is 2. The third kappa shape index (κ3) is 5.07. The molecule has 0 aliphatic carbocycles. The molecule has 3 heterocycles. The predicted octanol–water partition coefficient (Wildman–Crippen LogP) is 5.53. The van der Waals surface area contributed by atoms with E-state index in [0.717, 1.165) is 65.7 Å². The minimum atomic E-state index is 0.0131. The van der Waals surface area contributed by atoms with E-state index in [1.807, 2.05) is 21.3 Å². The van der Waals surface area contributed by atoms with Crippen molar-refractivity contribution >= 4 is 0 Å². The van der Waals surface area contributed by atoms with E-state index in [4.69, 9.17) is 0 Å². The molecule has 0 radical (unpaired) electrons. The summed E-state index contributed by atoms with van der Waals surface area (Å²) in [4.78, 5) is 18.3. The molecule has 0 fully saturated rings. The van der Waals surface area contributed by atoms with E-state index >= 15 is 0 Å². The molecular formula is C30H33N7O. The second kappa shape index (κ2) is 11.4. The van der Waals surface area contributed by atoms with Gasteiger partial charge in [0.2, 0.25) is 0 Å². The van der Waals surface area contributed by atoms with E-state index in [0.29, 0.717) is 18.1 Å². The molecule has 0 amide bonds. The first-order valence-electron chi connectivity index (χ1n) is 13.3. The summed E-state index contributed by atoms with van der Waals surface area (Å²) in [6, 6.07) is 18.5. The van der Waals surface area contributed by atoms with Gasteiger partial charge in [0.15, 0.2) is 5.82 Å². The number of aromatic nitrogens is 7. The van der Waals surface area contributed by atoms with Gasteiger partial charge in [-0.1, -0.05) is 75.2 Å². The zero-order chi connectivity index (χ0) is 26.5.